The number of aliphatic hydroxyl groups is 1. The molecule has 1 atom stereocenters. The first-order valence-corrected chi connectivity index (χ1v) is 11.8. The summed E-state index contributed by atoms with van der Waals surface area (Å²) in [5.74, 6) is 2.82. The molecule has 0 amide bonds. The van der Waals surface area contributed by atoms with Crippen LogP contribution in [0.4, 0.5) is 0 Å². The first kappa shape index (κ1) is 24.6. The van der Waals surface area contributed by atoms with E-state index >= 15 is 0 Å². The topological polar surface area (TPSA) is 72.9 Å². The fraction of sp³-hybridized carbons (Fsp3) is 0.321. The second-order valence-corrected chi connectivity index (χ2v) is 8.93. The maximum atomic E-state index is 10.7. The Kier molecular flexibility index (Phi) is 7.90. The van der Waals surface area contributed by atoms with Crippen molar-refractivity contribution in [1.82, 2.24) is 14.7 Å². The standard InChI is InChI=1S/C28H33N3O4/c1-20(2)25(32)19-30(17-23-13-10-16-34-23)18-24-21(3)29-31(22-11-6-5-7-12-22)28(24)35-27-15-9-8-14-26(27)33-4/h5-16,20,25,32H,17-19H2,1-4H3. The molecule has 0 aliphatic heterocycles. The van der Waals surface area contributed by atoms with Crippen molar-refractivity contribution >= 4 is 0 Å². The van der Waals surface area contributed by atoms with E-state index in [1.807, 2.05) is 92.2 Å². The number of nitrogens with zero attached hydrogens (tertiary/aromatic N) is 3. The fourth-order valence-corrected chi connectivity index (χ4v) is 3.88. The van der Waals surface area contributed by atoms with E-state index in [1.54, 1.807) is 13.4 Å². The van der Waals surface area contributed by atoms with Crippen LogP contribution in [0, 0.1) is 12.8 Å². The largest absolute Gasteiger partial charge is 0.493 e. The molecule has 0 fully saturated rings. The third-order valence-corrected chi connectivity index (χ3v) is 5.97. The smallest absolute Gasteiger partial charge is 0.227 e. The molecule has 184 valence electrons. The fourth-order valence-electron chi connectivity index (χ4n) is 3.88. The Morgan fingerprint density at radius 1 is 0.971 bits per heavy atom. The molecule has 1 unspecified atom stereocenters. The van der Waals surface area contributed by atoms with Gasteiger partial charge in [0, 0.05) is 13.1 Å². The molecule has 0 saturated carbocycles. The molecule has 0 bridgehead atoms. The van der Waals surface area contributed by atoms with Crippen LogP contribution in [0.3, 0.4) is 0 Å². The van der Waals surface area contributed by atoms with Crippen LogP contribution < -0.4 is 9.47 Å². The molecule has 0 aliphatic rings. The molecular formula is C28H33N3O4. The Morgan fingerprint density at radius 3 is 2.34 bits per heavy atom. The molecule has 4 rings (SSSR count). The van der Waals surface area contributed by atoms with Crippen molar-refractivity contribution in [3.05, 3.63) is 90.0 Å². The number of hydrogen-bond donors (Lipinski definition) is 1. The molecule has 2 heterocycles. The van der Waals surface area contributed by atoms with E-state index in [2.05, 4.69) is 4.90 Å². The van der Waals surface area contributed by atoms with Crippen molar-refractivity contribution in [3.63, 3.8) is 0 Å². The lowest BCUT2D eigenvalue weighted by atomic mass is 10.1. The van der Waals surface area contributed by atoms with Crippen molar-refractivity contribution in [2.75, 3.05) is 13.7 Å². The lowest BCUT2D eigenvalue weighted by molar-refractivity contribution is 0.0667. The lowest BCUT2D eigenvalue weighted by Crippen LogP contribution is -2.34. The normalized spacial score (nSPS) is 12.3. The van der Waals surface area contributed by atoms with Crippen LogP contribution in [0.15, 0.2) is 77.4 Å². The number of rotatable bonds is 11. The number of aliphatic hydroxyl groups excluding tert-OH is 1. The van der Waals surface area contributed by atoms with Crippen LogP contribution in [-0.2, 0) is 13.1 Å². The monoisotopic (exact) mass is 475 g/mol. The van der Waals surface area contributed by atoms with Gasteiger partial charge in [-0.2, -0.15) is 5.10 Å². The first-order valence-electron chi connectivity index (χ1n) is 11.8. The van der Waals surface area contributed by atoms with Gasteiger partial charge < -0.3 is 19.0 Å². The number of benzene rings is 2. The van der Waals surface area contributed by atoms with Gasteiger partial charge in [-0.3, -0.25) is 4.90 Å². The van der Waals surface area contributed by atoms with Gasteiger partial charge in [-0.25, -0.2) is 4.68 Å². The molecule has 35 heavy (non-hydrogen) atoms. The molecule has 7 nitrogen and oxygen atoms in total. The van der Waals surface area contributed by atoms with Crippen LogP contribution in [0.2, 0.25) is 0 Å². The first-order chi connectivity index (χ1) is 17.0. The molecular weight excluding hydrogens is 442 g/mol. The van der Waals surface area contributed by atoms with E-state index in [-0.39, 0.29) is 5.92 Å². The summed E-state index contributed by atoms with van der Waals surface area (Å²) in [6.45, 7) is 7.58. The van der Waals surface area contributed by atoms with Crippen molar-refractivity contribution in [2.24, 2.45) is 5.92 Å². The summed E-state index contributed by atoms with van der Waals surface area (Å²) in [4.78, 5) is 2.16. The average Bonchev–Trinajstić information content (AvgIpc) is 3.48. The van der Waals surface area contributed by atoms with Gasteiger partial charge in [0.1, 0.15) is 5.76 Å². The van der Waals surface area contributed by atoms with Crippen molar-refractivity contribution in [3.8, 4) is 23.1 Å². The minimum absolute atomic E-state index is 0.131. The van der Waals surface area contributed by atoms with E-state index in [1.165, 1.54) is 0 Å². The van der Waals surface area contributed by atoms with Crippen LogP contribution in [0.1, 0.15) is 30.9 Å². The average molecular weight is 476 g/mol. The van der Waals surface area contributed by atoms with E-state index in [0.29, 0.717) is 37.0 Å². The molecule has 0 saturated heterocycles. The predicted molar refractivity (Wildman–Crippen MR) is 135 cm³/mol. The van der Waals surface area contributed by atoms with Gasteiger partial charge in [-0.05, 0) is 49.2 Å². The molecule has 0 spiro atoms. The van der Waals surface area contributed by atoms with Gasteiger partial charge in [-0.15, -0.1) is 0 Å². The molecule has 1 N–H and O–H groups in total. The number of para-hydroxylation sites is 3. The number of aryl methyl sites for hydroxylation is 1. The summed E-state index contributed by atoms with van der Waals surface area (Å²) in [6, 6.07) is 21.3. The van der Waals surface area contributed by atoms with Crippen LogP contribution >= 0.6 is 0 Å². The highest BCUT2D eigenvalue weighted by atomic mass is 16.5. The van der Waals surface area contributed by atoms with Gasteiger partial charge in [0.15, 0.2) is 11.5 Å². The second-order valence-electron chi connectivity index (χ2n) is 8.93. The summed E-state index contributed by atoms with van der Waals surface area (Å²) >= 11 is 0. The van der Waals surface area contributed by atoms with Gasteiger partial charge in [0.05, 0.1) is 43.0 Å². The maximum Gasteiger partial charge on any atom is 0.227 e. The summed E-state index contributed by atoms with van der Waals surface area (Å²) in [5, 5.41) is 15.5. The van der Waals surface area contributed by atoms with Gasteiger partial charge in [-0.1, -0.05) is 44.2 Å². The Bertz CT molecular complexity index is 1200. The second kappa shape index (κ2) is 11.3. The molecule has 2 aromatic heterocycles. The number of methoxy groups -OCH3 is 1. The van der Waals surface area contributed by atoms with Crippen LogP contribution in [-0.4, -0.2) is 39.5 Å². The predicted octanol–water partition coefficient (Wildman–Crippen LogP) is 5.59. The molecule has 4 aromatic rings. The van der Waals surface area contributed by atoms with Crippen molar-refractivity contribution in [2.45, 2.75) is 40.0 Å². The van der Waals surface area contributed by atoms with Crippen molar-refractivity contribution in [1.29, 1.82) is 0 Å². The number of hydrogen-bond acceptors (Lipinski definition) is 6. The SMILES string of the molecule is COc1ccccc1Oc1c(CN(Cc2ccco2)CC(O)C(C)C)c(C)nn1-c1ccccc1. The molecule has 2 aromatic carbocycles. The number of aromatic nitrogens is 2. The molecule has 0 aliphatic carbocycles. The summed E-state index contributed by atoms with van der Waals surface area (Å²) in [7, 11) is 1.63. The number of furan rings is 1. The summed E-state index contributed by atoms with van der Waals surface area (Å²) < 4.78 is 19.5. The maximum absolute atomic E-state index is 10.7. The van der Waals surface area contributed by atoms with Crippen LogP contribution in [0.5, 0.6) is 17.4 Å². The minimum Gasteiger partial charge on any atom is -0.493 e. The zero-order valence-corrected chi connectivity index (χ0v) is 20.7. The number of ether oxygens (including phenoxy) is 2. The quantitative estimate of drug-likeness (QED) is 0.305. The summed E-state index contributed by atoms with van der Waals surface area (Å²) in [5.41, 5.74) is 2.68. The van der Waals surface area contributed by atoms with E-state index in [9.17, 15) is 5.11 Å². The van der Waals surface area contributed by atoms with Gasteiger partial charge in [0.2, 0.25) is 5.88 Å². The summed E-state index contributed by atoms with van der Waals surface area (Å²) in [6.07, 6.45) is 1.19. The third-order valence-electron chi connectivity index (χ3n) is 5.97. The Hall–Kier alpha value is -3.55. The van der Waals surface area contributed by atoms with E-state index < -0.39 is 6.10 Å². The zero-order valence-electron chi connectivity index (χ0n) is 20.7. The highest BCUT2D eigenvalue weighted by Crippen LogP contribution is 2.36. The van der Waals surface area contributed by atoms with E-state index in [0.717, 1.165) is 22.7 Å². The highest BCUT2D eigenvalue weighted by molar-refractivity contribution is 5.47. The lowest BCUT2D eigenvalue weighted by Gasteiger charge is -2.26. The minimum atomic E-state index is -0.479. The van der Waals surface area contributed by atoms with E-state index in [4.69, 9.17) is 19.0 Å². The van der Waals surface area contributed by atoms with Crippen molar-refractivity contribution < 1.29 is 19.0 Å². The zero-order chi connectivity index (χ0) is 24.8. The molecule has 7 heteroatoms. The van der Waals surface area contributed by atoms with Crippen LogP contribution in [0.25, 0.3) is 5.69 Å². The Morgan fingerprint density at radius 2 is 1.69 bits per heavy atom. The van der Waals surface area contributed by atoms with Gasteiger partial charge in [0.25, 0.3) is 0 Å². The third kappa shape index (κ3) is 5.93. The highest BCUT2D eigenvalue weighted by Gasteiger charge is 2.24. The molecule has 0 radical (unpaired) electrons. The van der Waals surface area contributed by atoms with Gasteiger partial charge >= 0.3 is 0 Å². The Labute approximate surface area is 206 Å². The Balaban J connectivity index is 1.75.